The second-order valence-electron chi connectivity index (χ2n) is 5.58. The van der Waals surface area contributed by atoms with E-state index < -0.39 is 29.5 Å². The number of imide groups is 2. The summed E-state index contributed by atoms with van der Waals surface area (Å²) in [6, 6.07) is 5.30. The zero-order valence-electron chi connectivity index (χ0n) is 12.7. The quantitative estimate of drug-likeness (QED) is 0.597. The number of hydrogen-bond donors (Lipinski definition) is 2. The predicted octanol–water partition coefficient (Wildman–Crippen LogP) is 0.409. The minimum atomic E-state index is -1.59. The highest BCUT2D eigenvalue weighted by Crippen LogP contribution is 2.20. The molecule has 0 saturated carbocycles. The number of carbonyl (C=O) groups is 4. The van der Waals surface area contributed by atoms with E-state index in [0.29, 0.717) is 12.4 Å². The van der Waals surface area contributed by atoms with Gasteiger partial charge in [0.25, 0.3) is 0 Å². The van der Waals surface area contributed by atoms with E-state index in [1.54, 1.807) is 12.1 Å². The molecule has 0 aliphatic carbocycles. The van der Waals surface area contributed by atoms with Crippen LogP contribution in [0.3, 0.4) is 0 Å². The SMILES string of the molecule is O=C1NC(=O)C(C(=O)c2cccc(OC[C@@H]3CCCO3)c2)C(=O)N1. The molecule has 24 heavy (non-hydrogen) atoms. The number of ether oxygens (including phenoxy) is 2. The second kappa shape index (κ2) is 6.79. The number of Topliss-reactive ketones (excluding diaryl/α,β-unsaturated/α-hetero) is 1. The van der Waals surface area contributed by atoms with Crippen LogP contribution in [0.5, 0.6) is 5.75 Å². The fourth-order valence-corrected chi connectivity index (χ4v) is 2.63. The minimum absolute atomic E-state index is 0.0327. The standard InChI is InChI=1S/C16H16N2O6/c19-13(12-14(20)17-16(22)18-15(12)21)9-3-1-4-10(7-9)24-8-11-5-2-6-23-11/h1,3-4,7,11-12H,2,5-6,8H2,(H2,17,18,20,21,22)/t11-/m0/s1. The van der Waals surface area contributed by atoms with Crippen molar-refractivity contribution in [3.05, 3.63) is 29.8 Å². The lowest BCUT2D eigenvalue weighted by Crippen LogP contribution is -2.57. The number of carbonyl (C=O) groups excluding carboxylic acids is 4. The molecule has 8 heteroatoms. The largest absolute Gasteiger partial charge is 0.491 e. The van der Waals surface area contributed by atoms with Crippen LogP contribution < -0.4 is 15.4 Å². The van der Waals surface area contributed by atoms with Gasteiger partial charge in [-0.2, -0.15) is 0 Å². The fraction of sp³-hybridized carbons (Fsp3) is 0.375. The first-order valence-electron chi connectivity index (χ1n) is 7.59. The van der Waals surface area contributed by atoms with Crippen LogP contribution in [0.25, 0.3) is 0 Å². The van der Waals surface area contributed by atoms with Crippen molar-refractivity contribution in [2.24, 2.45) is 5.92 Å². The third kappa shape index (κ3) is 3.43. The number of urea groups is 1. The molecule has 2 heterocycles. The molecule has 3 rings (SSSR count). The lowest BCUT2D eigenvalue weighted by atomic mass is 9.94. The molecular formula is C16H16N2O6. The summed E-state index contributed by atoms with van der Waals surface area (Å²) in [5.74, 6) is -3.70. The Morgan fingerprint density at radius 1 is 1.21 bits per heavy atom. The first-order chi connectivity index (χ1) is 11.5. The van der Waals surface area contributed by atoms with E-state index in [4.69, 9.17) is 9.47 Å². The van der Waals surface area contributed by atoms with Gasteiger partial charge in [-0.1, -0.05) is 12.1 Å². The van der Waals surface area contributed by atoms with Crippen LogP contribution in [-0.2, 0) is 14.3 Å². The zero-order valence-corrected chi connectivity index (χ0v) is 12.7. The van der Waals surface area contributed by atoms with Crippen molar-refractivity contribution in [1.29, 1.82) is 0 Å². The Kier molecular flexibility index (Phi) is 4.57. The summed E-state index contributed by atoms with van der Waals surface area (Å²) >= 11 is 0. The van der Waals surface area contributed by atoms with Crippen LogP contribution in [-0.4, -0.2) is 42.9 Å². The van der Waals surface area contributed by atoms with Crippen molar-refractivity contribution in [2.45, 2.75) is 18.9 Å². The van der Waals surface area contributed by atoms with E-state index in [2.05, 4.69) is 0 Å². The molecule has 8 nitrogen and oxygen atoms in total. The van der Waals surface area contributed by atoms with Gasteiger partial charge in [-0.15, -0.1) is 0 Å². The molecule has 1 aromatic rings. The van der Waals surface area contributed by atoms with Gasteiger partial charge in [-0.25, -0.2) is 4.79 Å². The van der Waals surface area contributed by atoms with Crippen molar-refractivity contribution in [3.8, 4) is 5.75 Å². The van der Waals surface area contributed by atoms with Crippen molar-refractivity contribution in [1.82, 2.24) is 10.6 Å². The number of amides is 4. The van der Waals surface area contributed by atoms with Gasteiger partial charge in [0.15, 0.2) is 11.7 Å². The molecule has 1 aromatic carbocycles. The van der Waals surface area contributed by atoms with Gasteiger partial charge in [0, 0.05) is 12.2 Å². The third-order valence-corrected chi connectivity index (χ3v) is 3.84. The Bertz CT molecular complexity index is 676. The summed E-state index contributed by atoms with van der Waals surface area (Å²) in [4.78, 5) is 47.0. The lowest BCUT2D eigenvalue weighted by molar-refractivity contribution is -0.133. The first-order valence-corrected chi connectivity index (χ1v) is 7.59. The predicted molar refractivity (Wildman–Crippen MR) is 80.4 cm³/mol. The Hall–Kier alpha value is -2.74. The van der Waals surface area contributed by atoms with Crippen LogP contribution in [0, 0.1) is 5.92 Å². The van der Waals surface area contributed by atoms with Crippen LogP contribution in [0.15, 0.2) is 24.3 Å². The average molecular weight is 332 g/mol. The van der Waals surface area contributed by atoms with Gasteiger partial charge in [-0.05, 0) is 25.0 Å². The minimum Gasteiger partial charge on any atom is -0.491 e. The summed E-state index contributed by atoms with van der Waals surface area (Å²) in [6.07, 6.45) is 1.96. The Morgan fingerprint density at radius 2 is 1.96 bits per heavy atom. The van der Waals surface area contributed by atoms with Crippen molar-refractivity contribution < 1.29 is 28.7 Å². The van der Waals surface area contributed by atoms with E-state index in [1.807, 2.05) is 10.6 Å². The van der Waals surface area contributed by atoms with Gasteiger partial charge in [-0.3, -0.25) is 25.0 Å². The number of hydrogen-bond acceptors (Lipinski definition) is 6. The van der Waals surface area contributed by atoms with Crippen LogP contribution in [0.1, 0.15) is 23.2 Å². The number of benzene rings is 1. The fourth-order valence-electron chi connectivity index (χ4n) is 2.63. The molecule has 0 spiro atoms. The molecule has 0 aromatic heterocycles. The molecule has 1 atom stereocenters. The van der Waals surface area contributed by atoms with Crippen LogP contribution in [0.4, 0.5) is 4.79 Å². The van der Waals surface area contributed by atoms with Crippen molar-refractivity contribution >= 4 is 23.6 Å². The van der Waals surface area contributed by atoms with Gasteiger partial charge in [0.05, 0.1) is 6.10 Å². The molecule has 0 unspecified atom stereocenters. The topological polar surface area (TPSA) is 111 Å². The molecule has 2 fully saturated rings. The molecule has 2 saturated heterocycles. The van der Waals surface area contributed by atoms with Gasteiger partial charge in [0.1, 0.15) is 12.4 Å². The molecule has 0 radical (unpaired) electrons. The highest BCUT2D eigenvalue weighted by Gasteiger charge is 2.40. The van der Waals surface area contributed by atoms with Gasteiger partial charge in [0.2, 0.25) is 11.8 Å². The van der Waals surface area contributed by atoms with Crippen LogP contribution in [0.2, 0.25) is 0 Å². The molecule has 2 aliphatic rings. The van der Waals surface area contributed by atoms with Gasteiger partial charge < -0.3 is 9.47 Å². The molecular weight excluding hydrogens is 316 g/mol. The van der Waals surface area contributed by atoms with E-state index in [-0.39, 0.29) is 11.7 Å². The maximum absolute atomic E-state index is 12.4. The summed E-state index contributed by atoms with van der Waals surface area (Å²) in [5.41, 5.74) is 0.157. The Balaban J connectivity index is 1.70. The average Bonchev–Trinajstić information content (AvgIpc) is 3.05. The van der Waals surface area contributed by atoms with E-state index in [0.717, 1.165) is 19.4 Å². The Morgan fingerprint density at radius 3 is 2.62 bits per heavy atom. The summed E-state index contributed by atoms with van der Waals surface area (Å²) < 4.78 is 11.1. The maximum atomic E-state index is 12.4. The number of barbiturate groups is 1. The summed E-state index contributed by atoms with van der Waals surface area (Å²) in [6.45, 7) is 1.09. The summed E-state index contributed by atoms with van der Waals surface area (Å²) in [7, 11) is 0. The summed E-state index contributed by atoms with van der Waals surface area (Å²) in [5, 5.41) is 3.82. The zero-order chi connectivity index (χ0) is 17.1. The lowest BCUT2D eigenvalue weighted by Gasteiger charge is -2.19. The van der Waals surface area contributed by atoms with E-state index in [1.165, 1.54) is 12.1 Å². The highest BCUT2D eigenvalue weighted by molar-refractivity contribution is 6.29. The Labute approximate surface area is 137 Å². The normalized spacial score (nSPS) is 21.3. The van der Waals surface area contributed by atoms with Crippen LogP contribution >= 0.6 is 0 Å². The first kappa shape index (κ1) is 16.1. The number of ketones is 1. The van der Waals surface area contributed by atoms with Gasteiger partial charge >= 0.3 is 6.03 Å². The highest BCUT2D eigenvalue weighted by atomic mass is 16.5. The number of nitrogens with one attached hydrogen (secondary N) is 2. The second-order valence-corrected chi connectivity index (χ2v) is 5.58. The molecule has 126 valence electrons. The number of rotatable bonds is 5. The molecule has 4 amide bonds. The molecule has 0 bridgehead atoms. The molecule has 2 N–H and O–H groups in total. The maximum Gasteiger partial charge on any atom is 0.328 e. The monoisotopic (exact) mass is 332 g/mol. The van der Waals surface area contributed by atoms with Crippen molar-refractivity contribution in [2.75, 3.05) is 13.2 Å². The smallest absolute Gasteiger partial charge is 0.328 e. The van der Waals surface area contributed by atoms with Crippen molar-refractivity contribution in [3.63, 3.8) is 0 Å². The van der Waals surface area contributed by atoms with E-state index in [9.17, 15) is 19.2 Å². The van der Waals surface area contributed by atoms with E-state index >= 15 is 0 Å². The molecule has 2 aliphatic heterocycles. The third-order valence-electron chi connectivity index (χ3n) is 3.84.